The largest absolute Gasteiger partial charge is 0.370 e. The van der Waals surface area contributed by atoms with E-state index in [1.165, 1.54) is 6.42 Å². The zero-order valence-corrected chi connectivity index (χ0v) is 12.4. The maximum atomic E-state index is 4.44. The monoisotopic (exact) mass is 263 g/mol. The molecular weight excluding hydrogens is 238 g/mol. The second kappa shape index (κ2) is 5.74. The minimum absolute atomic E-state index is 0.00738. The summed E-state index contributed by atoms with van der Waals surface area (Å²) in [6.45, 7) is 11.5. The van der Waals surface area contributed by atoms with Crippen molar-refractivity contribution in [2.75, 3.05) is 30.3 Å². The Labute approximate surface area is 115 Å². The lowest BCUT2D eigenvalue weighted by molar-refractivity contribution is 0.613. The average Bonchev–Trinajstić information content (AvgIpc) is 2.75. The van der Waals surface area contributed by atoms with E-state index in [2.05, 4.69) is 46.7 Å². The summed E-state index contributed by atoms with van der Waals surface area (Å²) in [5.74, 6) is 3.29. The van der Waals surface area contributed by atoms with E-state index in [1.54, 1.807) is 0 Å². The molecule has 1 saturated heterocycles. The van der Waals surface area contributed by atoms with Crippen molar-refractivity contribution in [3.63, 3.8) is 0 Å². The van der Waals surface area contributed by atoms with Crippen LogP contribution in [0, 0.1) is 12.8 Å². The Morgan fingerprint density at radius 2 is 2.05 bits per heavy atom. The molecule has 0 spiro atoms. The van der Waals surface area contributed by atoms with Crippen LogP contribution in [0.3, 0.4) is 0 Å². The molecule has 106 valence electrons. The maximum Gasteiger partial charge on any atom is 0.132 e. The molecule has 19 heavy (non-hydrogen) atoms. The number of hydrogen-bond donors (Lipinski definition) is 3. The third-order valence-corrected chi connectivity index (χ3v) is 3.08. The van der Waals surface area contributed by atoms with Crippen molar-refractivity contribution >= 4 is 11.6 Å². The molecule has 1 fully saturated rings. The molecule has 1 aromatic rings. The molecule has 2 heterocycles. The summed E-state index contributed by atoms with van der Waals surface area (Å²) in [7, 11) is 0. The predicted octanol–water partition coefficient (Wildman–Crippen LogP) is 2.02. The van der Waals surface area contributed by atoms with Gasteiger partial charge >= 0.3 is 0 Å². The van der Waals surface area contributed by atoms with Crippen molar-refractivity contribution in [3.05, 3.63) is 11.9 Å². The number of anilines is 2. The van der Waals surface area contributed by atoms with Crippen LogP contribution in [0.15, 0.2) is 6.07 Å². The normalized spacial score (nSPS) is 19.5. The zero-order chi connectivity index (χ0) is 13.9. The second-order valence-corrected chi connectivity index (χ2v) is 6.30. The minimum Gasteiger partial charge on any atom is -0.370 e. The fourth-order valence-electron chi connectivity index (χ4n) is 2.24. The number of nitrogens with one attached hydrogen (secondary N) is 3. The standard InChI is InChI=1S/C14H25N5/c1-10-17-12(16-9-11-5-6-15-8-11)7-13(18-10)19-14(2,3)4/h7,11,15H,5-6,8-9H2,1-4H3,(H2,16,17,18,19). The maximum absolute atomic E-state index is 4.44. The van der Waals surface area contributed by atoms with Crippen molar-refractivity contribution in [1.29, 1.82) is 0 Å². The highest BCUT2D eigenvalue weighted by Gasteiger charge is 2.15. The van der Waals surface area contributed by atoms with Gasteiger partial charge in [-0.05, 0) is 53.1 Å². The Balaban J connectivity index is 1.99. The molecular formula is C14H25N5. The predicted molar refractivity (Wildman–Crippen MR) is 79.6 cm³/mol. The van der Waals surface area contributed by atoms with Gasteiger partial charge < -0.3 is 16.0 Å². The van der Waals surface area contributed by atoms with Gasteiger partial charge in [0.05, 0.1) is 0 Å². The van der Waals surface area contributed by atoms with Gasteiger partial charge in [-0.15, -0.1) is 0 Å². The smallest absolute Gasteiger partial charge is 0.132 e. The Kier molecular flexibility index (Phi) is 4.24. The van der Waals surface area contributed by atoms with Gasteiger partial charge in [0.25, 0.3) is 0 Å². The van der Waals surface area contributed by atoms with E-state index in [0.29, 0.717) is 5.92 Å². The van der Waals surface area contributed by atoms with Crippen molar-refractivity contribution in [3.8, 4) is 0 Å². The first kappa shape index (κ1) is 14.1. The summed E-state index contributed by atoms with van der Waals surface area (Å²) >= 11 is 0. The van der Waals surface area contributed by atoms with Crippen LogP contribution in [-0.2, 0) is 0 Å². The first-order valence-electron chi connectivity index (χ1n) is 7.01. The Hall–Kier alpha value is -1.36. The molecule has 0 amide bonds. The first-order chi connectivity index (χ1) is 8.92. The van der Waals surface area contributed by atoms with Crippen molar-refractivity contribution in [1.82, 2.24) is 15.3 Å². The lowest BCUT2D eigenvalue weighted by atomic mass is 10.1. The Morgan fingerprint density at radius 3 is 2.68 bits per heavy atom. The quantitative estimate of drug-likeness (QED) is 0.776. The van der Waals surface area contributed by atoms with E-state index in [4.69, 9.17) is 0 Å². The molecule has 0 aliphatic carbocycles. The van der Waals surface area contributed by atoms with Gasteiger partial charge in [-0.3, -0.25) is 0 Å². The molecule has 0 radical (unpaired) electrons. The SMILES string of the molecule is Cc1nc(NCC2CCNC2)cc(NC(C)(C)C)n1. The lowest BCUT2D eigenvalue weighted by Gasteiger charge is -2.22. The summed E-state index contributed by atoms with van der Waals surface area (Å²) in [4.78, 5) is 8.87. The Morgan fingerprint density at radius 1 is 1.32 bits per heavy atom. The molecule has 1 aromatic heterocycles. The summed E-state index contributed by atoms with van der Waals surface area (Å²) in [5.41, 5.74) is 0.00738. The van der Waals surface area contributed by atoms with E-state index in [0.717, 1.165) is 37.1 Å². The molecule has 1 aliphatic rings. The van der Waals surface area contributed by atoms with Gasteiger partial charge in [0.2, 0.25) is 0 Å². The molecule has 0 saturated carbocycles. The molecule has 5 nitrogen and oxygen atoms in total. The van der Waals surface area contributed by atoms with E-state index in [1.807, 2.05) is 13.0 Å². The summed E-state index contributed by atoms with van der Waals surface area (Å²) in [5, 5.41) is 10.2. The van der Waals surface area contributed by atoms with Gasteiger partial charge in [-0.1, -0.05) is 0 Å². The minimum atomic E-state index is 0.00738. The summed E-state index contributed by atoms with van der Waals surface area (Å²) in [6.07, 6.45) is 1.24. The molecule has 0 bridgehead atoms. The van der Waals surface area contributed by atoms with Gasteiger partial charge in [-0.2, -0.15) is 0 Å². The van der Waals surface area contributed by atoms with Crippen LogP contribution in [0.5, 0.6) is 0 Å². The highest BCUT2D eigenvalue weighted by molar-refractivity contribution is 5.48. The van der Waals surface area contributed by atoms with Crippen LogP contribution in [0.2, 0.25) is 0 Å². The highest BCUT2D eigenvalue weighted by Crippen LogP contribution is 2.17. The first-order valence-corrected chi connectivity index (χ1v) is 7.01. The van der Waals surface area contributed by atoms with Gasteiger partial charge in [0.15, 0.2) is 0 Å². The van der Waals surface area contributed by atoms with Crippen LogP contribution in [-0.4, -0.2) is 35.1 Å². The number of hydrogen-bond acceptors (Lipinski definition) is 5. The molecule has 2 rings (SSSR count). The highest BCUT2D eigenvalue weighted by atomic mass is 15.1. The van der Waals surface area contributed by atoms with Crippen molar-refractivity contribution < 1.29 is 0 Å². The third-order valence-electron chi connectivity index (χ3n) is 3.08. The Bertz CT molecular complexity index is 418. The molecule has 5 heteroatoms. The molecule has 1 aliphatic heterocycles. The van der Waals surface area contributed by atoms with Crippen molar-refractivity contribution in [2.24, 2.45) is 5.92 Å². The molecule has 1 unspecified atom stereocenters. The average molecular weight is 263 g/mol. The number of rotatable bonds is 4. The van der Waals surface area contributed by atoms with Crippen molar-refractivity contribution in [2.45, 2.75) is 39.7 Å². The van der Waals surface area contributed by atoms with Crippen LogP contribution >= 0.6 is 0 Å². The number of aromatic nitrogens is 2. The van der Waals surface area contributed by atoms with Crippen LogP contribution in [0.1, 0.15) is 33.0 Å². The second-order valence-electron chi connectivity index (χ2n) is 6.30. The van der Waals surface area contributed by atoms with Crippen LogP contribution in [0.4, 0.5) is 11.6 Å². The van der Waals surface area contributed by atoms with Crippen LogP contribution in [0.25, 0.3) is 0 Å². The van der Waals surface area contributed by atoms with Gasteiger partial charge in [0.1, 0.15) is 17.5 Å². The molecule has 3 N–H and O–H groups in total. The molecule has 1 atom stereocenters. The fraction of sp³-hybridized carbons (Fsp3) is 0.714. The van der Waals surface area contributed by atoms with E-state index in [-0.39, 0.29) is 5.54 Å². The topological polar surface area (TPSA) is 61.9 Å². The van der Waals surface area contributed by atoms with E-state index >= 15 is 0 Å². The summed E-state index contributed by atoms with van der Waals surface area (Å²) in [6, 6.07) is 1.99. The van der Waals surface area contributed by atoms with E-state index < -0.39 is 0 Å². The van der Waals surface area contributed by atoms with Gasteiger partial charge in [-0.25, -0.2) is 9.97 Å². The zero-order valence-electron chi connectivity index (χ0n) is 12.4. The molecule has 0 aromatic carbocycles. The third kappa shape index (κ3) is 4.67. The number of aryl methyl sites for hydroxylation is 1. The van der Waals surface area contributed by atoms with E-state index in [9.17, 15) is 0 Å². The van der Waals surface area contributed by atoms with Crippen LogP contribution < -0.4 is 16.0 Å². The fourth-order valence-corrected chi connectivity index (χ4v) is 2.24. The summed E-state index contributed by atoms with van der Waals surface area (Å²) < 4.78 is 0. The van der Waals surface area contributed by atoms with Gasteiger partial charge in [0, 0.05) is 18.2 Å². The number of nitrogens with zero attached hydrogens (tertiary/aromatic N) is 2. The lowest BCUT2D eigenvalue weighted by Crippen LogP contribution is -2.27.